The smallest absolute Gasteiger partial charge is 0.0620 e. The standard InChI is InChI=1S/C13H15P2/c1-15(14,12-8-4-2-5-9-12)13-10-6-3-7-11-13/h2-11H,14H2,1H3/q+1. The number of benzene rings is 2. The van der Waals surface area contributed by atoms with Gasteiger partial charge in [0.2, 0.25) is 0 Å². The zero-order valence-corrected chi connectivity index (χ0v) is 10.8. The highest BCUT2D eigenvalue weighted by atomic mass is 32.1. The molecule has 0 aliphatic heterocycles. The van der Waals surface area contributed by atoms with Gasteiger partial charge in [0.05, 0.1) is 13.6 Å². The SMILES string of the molecule is C[P+](P)(c1ccccc1)c1ccccc1. The lowest BCUT2D eigenvalue weighted by molar-refractivity contribution is 1.75. The van der Waals surface area contributed by atoms with E-state index in [2.05, 4.69) is 76.3 Å². The Morgan fingerprint density at radius 1 is 0.733 bits per heavy atom. The van der Waals surface area contributed by atoms with E-state index in [4.69, 9.17) is 0 Å². The third kappa shape index (κ3) is 2.28. The molecule has 1 unspecified atom stereocenters. The van der Waals surface area contributed by atoms with Crippen LogP contribution in [-0.2, 0) is 0 Å². The van der Waals surface area contributed by atoms with E-state index in [-0.39, 0.29) is 0 Å². The molecule has 0 N–H and O–H groups in total. The van der Waals surface area contributed by atoms with Crippen LogP contribution in [0.15, 0.2) is 60.7 Å². The zero-order chi connectivity index (χ0) is 10.7. The van der Waals surface area contributed by atoms with Crippen molar-refractivity contribution in [1.82, 2.24) is 0 Å². The van der Waals surface area contributed by atoms with Gasteiger partial charge in [-0.3, -0.25) is 0 Å². The van der Waals surface area contributed by atoms with Crippen LogP contribution in [-0.4, -0.2) is 6.66 Å². The second-order valence-electron chi connectivity index (χ2n) is 3.75. The van der Waals surface area contributed by atoms with Crippen LogP contribution in [0.1, 0.15) is 0 Å². The summed E-state index contributed by atoms with van der Waals surface area (Å²) in [5, 5.41) is 2.86. The summed E-state index contributed by atoms with van der Waals surface area (Å²) >= 11 is 0. The monoisotopic (exact) mass is 233 g/mol. The minimum absolute atomic E-state index is 1.23. The van der Waals surface area contributed by atoms with Crippen molar-refractivity contribution >= 4 is 26.5 Å². The lowest BCUT2D eigenvalue weighted by atomic mass is 10.4. The summed E-state index contributed by atoms with van der Waals surface area (Å²) in [5.41, 5.74) is 0. The van der Waals surface area contributed by atoms with Gasteiger partial charge in [-0.2, -0.15) is 0 Å². The molecule has 15 heavy (non-hydrogen) atoms. The normalized spacial score (nSPS) is 11.3. The lowest BCUT2D eigenvalue weighted by Gasteiger charge is -2.16. The van der Waals surface area contributed by atoms with Crippen LogP contribution >= 0.6 is 15.9 Å². The highest BCUT2D eigenvalue weighted by molar-refractivity contribution is 8.32. The van der Waals surface area contributed by atoms with Crippen LogP contribution in [0, 0.1) is 0 Å². The van der Waals surface area contributed by atoms with Crippen LogP contribution < -0.4 is 10.6 Å². The summed E-state index contributed by atoms with van der Waals surface area (Å²) in [5.74, 6) is 0. The van der Waals surface area contributed by atoms with Crippen molar-refractivity contribution in [1.29, 1.82) is 0 Å². The molecule has 0 aromatic heterocycles. The van der Waals surface area contributed by atoms with Crippen molar-refractivity contribution in [2.24, 2.45) is 0 Å². The molecule has 0 nitrogen and oxygen atoms in total. The first-order valence-corrected chi connectivity index (χ1v) is 8.83. The maximum atomic E-state index is 3.06. The summed E-state index contributed by atoms with van der Waals surface area (Å²) in [6, 6.07) is 21.4. The minimum Gasteiger partial charge on any atom is -0.0620 e. The fourth-order valence-electron chi connectivity index (χ4n) is 1.62. The fourth-order valence-corrected chi connectivity index (χ4v) is 4.54. The van der Waals surface area contributed by atoms with Gasteiger partial charge in [-0.15, -0.1) is 0 Å². The Balaban J connectivity index is 2.44. The van der Waals surface area contributed by atoms with Crippen molar-refractivity contribution in [2.75, 3.05) is 6.66 Å². The molecule has 0 heterocycles. The van der Waals surface area contributed by atoms with Gasteiger partial charge in [0.25, 0.3) is 0 Å². The van der Waals surface area contributed by atoms with Crippen molar-refractivity contribution in [2.45, 2.75) is 0 Å². The Labute approximate surface area is 94.2 Å². The Hall–Kier alpha value is -0.700. The molecule has 2 heteroatoms. The third-order valence-corrected chi connectivity index (χ3v) is 7.12. The summed E-state index contributed by atoms with van der Waals surface area (Å²) < 4.78 is 0. The van der Waals surface area contributed by atoms with Gasteiger partial charge in [-0.05, 0) is 24.3 Å². The zero-order valence-electron chi connectivity index (χ0n) is 8.80. The molecule has 1 atom stereocenters. The van der Waals surface area contributed by atoms with E-state index in [1.165, 1.54) is 10.6 Å². The van der Waals surface area contributed by atoms with E-state index >= 15 is 0 Å². The van der Waals surface area contributed by atoms with Crippen molar-refractivity contribution in [3.63, 3.8) is 0 Å². The predicted molar refractivity (Wildman–Crippen MR) is 74.7 cm³/mol. The van der Waals surface area contributed by atoms with E-state index in [1.54, 1.807) is 0 Å². The molecule has 2 rings (SSSR count). The molecule has 0 radical (unpaired) electrons. The Morgan fingerprint density at radius 2 is 1.07 bits per heavy atom. The molecule has 0 amide bonds. The van der Waals surface area contributed by atoms with Gasteiger partial charge in [0.15, 0.2) is 0 Å². The second kappa shape index (κ2) is 4.44. The van der Waals surface area contributed by atoms with Crippen LogP contribution in [0.2, 0.25) is 0 Å². The molecule has 0 aliphatic carbocycles. The minimum atomic E-state index is -1.23. The van der Waals surface area contributed by atoms with Gasteiger partial charge in [0.1, 0.15) is 10.6 Å². The van der Waals surface area contributed by atoms with Gasteiger partial charge in [-0.25, -0.2) is 0 Å². The Bertz CT molecular complexity index is 379. The molecular weight excluding hydrogens is 218 g/mol. The number of rotatable bonds is 2. The first-order chi connectivity index (χ1) is 7.21. The predicted octanol–water partition coefficient (Wildman–Crippen LogP) is 3.07. The highest BCUT2D eigenvalue weighted by Crippen LogP contribution is 2.60. The molecular formula is C13H15P2+. The number of hydrogen-bond donors (Lipinski definition) is 0. The molecule has 76 valence electrons. The van der Waals surface area contributed by atoms with Crippen LogP contribution in [0.5, 0.6) is 0 Å². The maximum Gasteiger partial charge on any atom is 0.101 e. The summed E-state index contributed by atoms with van der Waals surface area (Å²) in [7, 11) is 3.06. The maximum absolute atomic E-state index is 3.06. The summed E-state index contributed by atoms with van der Waals surface area (Å²) in [4.78, 5) is 0. The average Bonchev–Trinajstić information content (AvgIpc) is 2.31. The van der Waals surface area contributed by atoms with Crippen molar-refractivity contribution in [3.8, 4) is 0 Å². The first-order valence-electron chi connectivity index (χ1n) is 4.97. The molecule has 0 saturated heterocycles. The molecule has 2 aromatic carbocycles. The van der Waals surface area contributed by atoms with Gasteiger partial charge < -0.3 is 0 Å². The molecule has 0 saturated carbocycles. The second-order valence-corrected chi connectivity index (χ2v) is 10.0. The van der Waals surface area contributed by atoms with Gasteiger partial charge >= 0.3 is 0 Å². The van der Waals surface area contributed by atoms with Crippen molar-refractivity contribution in [3.05, 3.63) is 60.7 Å². The first kappa shape index (κ1) is 10.8. The lowest BCUT2D eigenvalue weighted by Crippen LogP contribution is -2.15. The van der Waals surface area contributed by atoms with Crippen LogP contribution in [0.3, 0.4) is 0 Å². The summed E-state index contributed by atoms with van der Waals surface area (Å²) in [6.45, 7) is 1.11. The largest absolute Gasteiger partial charge is 0.101 e. The van der Waals surface area contributed by atoms with E-state index < -0.39 is 6.95 Å². The third-order valence-electron chi connectivity index (χ3n) is 2.59. The Morgan fingerprint density at radius 3 is 1.40 bits per heavy atom. The highest BCUT2D eigenvalue weighted by Gasteiger charge is 2.31. The number of hydrogen-bond acceptors (Lipinski definition) is 0. The quantitative estimate of drug-likeness (QED) is 0.699. The van der Waals surface area contributed by atoms with Gasteiger partial charge in [0, 0.05) is 8.93 Å². The average molecular weight is 233 g/mol. The molecule has 0 spiro atoms. The molecule has 2 aromatic rings. The van der Waals surface area contributed by atoms with E-state index in [9.17, 15) is 0 Å². The fraction of sp³-hybridized carbons (Fsp3) is 0.0769. The molecule has 0 bridgehead atoms. The topological polar surface area (TPSA) is 0 Å². The van der Waals surface area contributed by atoms with Gasteiger partial charge in [-0.1, -0.05) is 36.4 Å². The van der Waals surface area contributed by atoms with E-state index in [0.29, 0.717) is 0 Å². The van der Waals surface area contributed by atoms with Crippen molar-refractivity contribution < 1.29 is 0 Å². The molecule has 0 aliphatic rings. The molecule has 0 fully saturated rings. The van der Waals surface area contributed by atoms with Crippen LogP contribution in [0.4, 0.5) is 0 Å². The van der Waals surface area contributed by atoms with E-state index in [0.717, 1.165) is 0 Å². The summed E-state index contributed by atoms with van der Waals surface area (Å²) in [6.07, 6.45) is 0. The Kier molecular flexibility index (Phi) is 3.19. The van der Waals surface area contributed by atoms with Crippen LogP contribution in [0.25, 0.3) is 0 Å². The van der Waals surface area contributed by atoms with E-state index in [1.807, 2.05) is 0 Å².